The molecule has 2 atom stereocenters. The van der Waals surface area contributed by atoms with E-state index in [9.17, 15) is 9.67 Å². The summed E-state index contributed by atoms with van der Waals surface area (Å²) in [6, 6.07) is 6.75. The Hall–Kier alpha value is -0.710. The molecule has 1 rings (SSSR count). The molecule has 16 heavy (non-hydrogen) atoms. The molecule has 1 aromatic rings. The molecule has 1 aromatic carbocycles. The molecule has 0 spiro atoms. The highest BCUT2D eigenvalue weighted by Crippen LogP contribution is 2.52. The number of aliphatic hydroxyl groups excluding tert-OH is 1. The van der Waals surface area contributed by atoms with Gasteiger partial charge in [-0.1, -0.05) is 31.2 Å². The first-order chi connectivity index (χ1) is 7.36. The van der Waals surface area contributed by atoms with Gasteiger partial charge in [-0.3, -0.25) is 4.57 Å². The number of nitrogens with two attached hydrogens (primary N) is 1. The quantitative estimate of drug-likeness (QED) is 0.463. The first kappa shape index (κ1) is 13.4. The van der Waals surface area contributed by atoms with E-state index in [0.717, 1.165) is 12.0 Å². The summed E-state index contributed by atoms with van der Waals surface area (Å²) in [5.74, 6) is 0. The van der Waals surface area contributed by atoms with E-state index in [4.69, 9.17) is 15.5 Å². The minimum Gasteiger partial charge on any atom is -0.377 e. The molecule has 6 heteroatoms. The van der Waals surface area contributed by atoms with Crippen LogP contribution in [0.2, 0.25) is 0 Å². The average Bonchev–Trinajstić information content (AvgIpc) is 2.15. The van der Waals surface area contributed by atoms with E-state index < -0.39 is 19.5 Å². The Balaban J connectivity index is 3.16. The number of hydrogen-bond acceptors (Lipinski definition) is 3. The molecule has 5 N–H and O–H groups in total. The summed E-state index contributed by atoms with van der Waals surface area (Å²) in [5.41, 5.74) is 5.15. The van der Waals surface area contributed by atoms with E-state index in [0.29, 0.717) is 5.56 Å². The summed E-state index contributed by atoms with van der Waals surface area (Å²) in [6.45, 7) is 1.93. The lowest BCUT2D eigenvalue weighted by Gasteiger charge is -2.21. The summed E-state index contributed by atoms with van der Waals surface area (Å²) >= 11 is 0. The van der Waals surface area contributed by atoms with Crippen LogP contribution in [-0.4, -0.2) is 21.1 Å². The third-order valence-corrected chi connectivity index (χ3v) is 3.72. The topological polar surface area (TPSA) is 104 Å². The fourth-order valence-electron chi connectivity index (χ4n) is 1.59. The van der Waals surface area contributed by atoms with Crippen LogP contribution in [0.5, 0.6) is 0 Å². The van der Waals surface area contributed by atoms with Crippen LogP contribution >= 0.6 is 7.60 Å². The lowest BCUT2D eigenvalue weighted by molar-refractivity contribution is 0.163. The molecule has 0 fully saturated rings. The molecule has 0 saturated carbocycles. The smallest absolute Gasteiger partial charge is 0.336 e. The van der Waals surface area contributed by atoms with E-state index in [2.05, 4.69) is 0 Å². The molecule has 0 amide bonds. The lowest BCUT2D eigenvalue weighted by atomic mass is 10.1. The Morgan fingerprint density at radius 2 is 2.06 bits per heavy atom. The standard InChI is InChI=1S/C10H16NO4P/c1-2-7-4-3-5-8(6-7)9(10(11)12)16(13,14)15/h3-6,9-10,12H,2,11H2,1H3,(H2,13,14,15). The zero-order valence-corrected chi connectivity index (χ0v) is 9.84. The maximum atomic E-state index is 11.2. The van der Waals surface area contributed by atoms with E-state index in [1.165, 1.54) is 0 Å². The molecule has 0 aliphatic carbocycles. The minimum absolute atomic E-state index is 0.364. The molecule has 5 nitrogen and oxygen atoms in total. The number of aliphatic hydroxyl groups is 1. The lowest BCUT2D eigenvalue weighted by Crippen LogP contribution is -2.27. The molecule has 0 radical (unpaired) electrons. The van der Waals surface area contributed by atoms with E-state index >= 15 is 0 Å². The zero-order chi connectivity index (χ0) is 12.3. The Labute approximate surface area is 94.1 Å². The number of benzene rings is 1. The molecule has 0 heterocycles. The molecule has 0 aromatic heterocycles. The van der Waals surface area contributed by atoms with Crippen molar-refractivity contribution in [3.05, 3.63) is 35.4 Å². The van der Waals surface area contributed by atoms with Crippen molar-refractivity contribution in [1.82, 2.24) is 0 Å². The summed E-state index contributed by atoms with van der Waals surface area (Å²) in [6.07, 6.45) is -0.824. The van der Waals surface area contributed by atoms with Crippen molar-refractivity contribution in [3.63, 3.8) is 0 Å². The van der Waals surface area contributed by atoms with Gasteiger partial charge in [0, 0.05) is 0 Å². The summed E-state index contributed by atoms with van der Waals surface area (Å²) < 4.78 is 11.2. The maximum Gasteiger partial charge on any atom is 0.336 e. The zero-order valence-electron chi connectivity index (χ0n) is 8.95. The Kier molecular flexibility index (Phi) is 4.24. The highest BCUT2D eigenvalue weighted by Gasteiger charge is 2.35. The van der Waals surface area contributed by atoms with Crippen molar-refractivity contribution in [3.8, 4) is 0 Å². The fraction of sp³-hybridized carbons (Fsp3) is 0.400. The molecule has 90 valence electrons. The van der Waals surface area contributed by atoms with Gasteiger partial charge in [-0.2, -0.15) is 0 Å². The van der Waals surface area contributed by atoms with Crippen molar-refractivity contribution in [2.45, 2.75) is 25.2 Å². The van der Waals surface area contributed by atoms with Gasteiger partial charge < -0.3 is 20.6 Å². The monoisotopic (exact) mass is 245 g/mol. The van der Waals surface area contributed by atoms with Crippen LogP contribution in [0.15, 0.2) is 24.3 Å². The molecule has 0 saturated heterocycles. The maximum absolute atomic E-state index is 11.2. The van der Waals surface area contributed by atoms with Crippen LogP contribution in [0.4, 0.5) is 0 Å². The predicted octanol–water partition coefficient (Wildman–Crippen LogP) is 0.745. The largest absolute Gasteiger partial charge is 0.377 e. The van der Waals surface area contributed by atoms with Gasteiger partial charge in [-0.25, -0.2) is 0 Å². The third-order valence-electron chi connectivity index (χ3n) is 2.39. The van der Waals surface area contributed by atoms with Gasteiger partial charge in [0.05, 0.1) is 0 Å². The summed E-state index contributed by atoms with van der Waals surface area (Å²) in [4.78, 5) is 18.3. The Morgan fingerprint density at radius 3 is 2.50 bits per heavy atom. The van der Waals surface area contributed by atoms with Gasteiger partial charge in [0.2, 0.25) is 0 Å². The average molecular weight is 245 g/mol. The Morgan fingerprint density at radius 1 is 1.44 bits per heavy atom. The van der Waals surface area contributed by atoms with Gasteiger partial charge in [0.25, 0.3) is 0 Å². The van der Waals surface area contributed by atoms with Crippen molar-refractivity contribution >= 4 is 7.60 Å². The molecule has 0 aliphatic heterocycles. The van der Waals surface area contributed by atoms with Crippen molar-refractivity contribution in [1.29, 1.82) is 0 Å². The van der Waals surface area contributed by atoms with E-state index in [1.807, 2.05) is 13.0 Å². The molecule has 2 unspecified atom stereocenters. The van der Waals surface area contributed by atoms with Gasteiger partial charge in [-0.05, 0) is 17.5 Å². The highest BCUT2D eigenvalue weighted by atomic mass is 31.2. The summed E-state index contributed by atoms with van der Waals surface area (Å²) in [7, 11) is -4.46. The van der Waals surface area contributed by atoms with Gasteiger partial charge in [0.1, 0.15) is 11.9 Å². The minimum atomic E-state index is -4.46. The number of rotatable bonds is 4. The van der Waals surface area contributed by atoms with Crippen molar-refractivity contribution in [2.75, 3.05) is 0 Å². The number of aryl methyl sites for hydroxylation is 1. The first-order valence-electron chi connectivity index (χ1n) is 4.94. The van der Waals surface area contributed by atoms with E-state index in [-0.39, 0.29) is 0 Å². The second-order valence-electron chi connectivity index (χ2n) is 3.62. The Bertz CT molecular complexity index is 402. The van der Waals surface area contributed by atoms with Gasteiger partial charge in [0.15, 0.2) is 0 Å². The second kappa shape index (κ2) is 5.08. The summed E-state index contributed by atoms with van der Waals surface area (Å²) in [5, 5.41) is 9.25. The molecular formula is C10H16NO4P. The van der Waals surface area contributed by atoms with E-state index in [1.54, 1.807) is 18.2 Å². The first-order valence-corrected chi connectivity index (χ1v) is 6.62. The van der Waals surface area contributed by atoms with Crippen LogP contribution in [0, 0.1) is 0 Å². The predicted molar refractivity (Wildman–Crippen MR) is 60.8 cm³/mol. The van der Waals surface area contributed by atoms with Gasteiger partial charge in [-0.15, -0.1) is 0 Å². The molecular weight excluding hydrogens is 229 g/mol. The molecule has 0 aliphatic rings. The van der Waals surface area contributed by atoms with Crippen LogP contribution < -0.4 is 5.73 Å². The second-order valence-corrected chi connectivity index (χ2v) is 5.36. The normalized spacial score (nSPS) is 15.8. The SMILES string of the molecule is CCc1cccc(C(C(N)O)P(=O)(O)O)c1. The van der Waals surface area contributed by atoms with Crippen molar-refractivity contribution in [2.24, 2.45) is 5.73 Å². The fourth-order valence-corrected chi connectivity index (χ4v) is 2.53. The third kappa shape index (κ3) is 3.14. The van der Waals surface area contributed by atoms with Crippen LogP contribution in [-0.2, 0) is 11.0 Å². The molecule has 0 bridgehead atoms. The van der Waals surface area contributed by atoms with Gasteiger partial charge >= 0.3 is 7.60 Å². The van der Waals surface area contributed by atoms with Crippen LogP contribution in [0.1, 0.15) is 23.7 Å². The van der Waals surface area contributed by atoms with Crippen molar-refractivity contribution < 1.29 is 19.5 Å². The number of hydrogen-bond donors (Lipinski definition) is 4. The highest BCUT2D eigenvalue weighted by molar-refractivity contribution is 7.52. The van der Waals surface area contributed by atoms with Crippen LogP contribution in [0.25, 0.3) is 0 Å². The van der Waals surface area contributed by atoms with Crippen LogP contribution in [0.3, 0.4) is 0 Å².